The Labute approximate surface area is 164 Å². The molecule has 0 radical (unpaired) electrons. The van der Waals surface area contributed by atoms with Gasteiger partial charge in [-0.1, -0.05) is 13.3 Å². The third kappa shape index (κ3) is 3.17. The Morgan fingerprint density at radius 2 is 1.93 bits per heavy atom. The average Bonchev–Trinajstić information content (AvgIpc) is 3.53. The Bertz CT molecular complexity index is 1090. The van der Waals surface area contributed by atoms with Crippen LogP contribution in [0.15, 0.2) is 29.2 Å². The predicted molar refractivity (Wildman–Crippen MR) is 110 cm³/mol. The minimum Gasteiger partial charge on any atom is -0.481 e. The number of hydrogen-bond acceptors (Lipinski definition) is 5. The molecule has 3 heterocycles. The van der Waals surface area contributed by atoms with Crippen molar-refractivity contribution in [2.45, 2.75) is 52.5 Å². The largest absolute Gasteiger partial charge is 0.481 e. The minimum absolute atomic E-state index is 0.0212. The van der Waals surface area contributed by atoms with Crippen LogP contribution in [-0.4, -0.2) is 26.6 Å². The van der Waals surface area contributed by atoms with Crippen LogP contribution in [0, 0.1) is 19.8 Å². The molecule has 1 aliphatic carbocycles. The fraction of sp³-hybridized carbons (Fsp3) is 0.455. The second-order valence-electron chi connectivity index (χ2n) is 7.58. The Balaban J connectivity index is 1.97. The van der Waals surface area contributed by atoms with Gasteiger partial charge in [-0.3, -0.25) is 9.36 Å². The minimum atomic E-state index is -0.0212. The van der Waals surface area contributed by atoms with Crippen molar-refractivity contribution in [3.8, 4) is 17.0 Å². The fourth-order valence-electron chi connectivity index (χ4n) is 4.03. The van der Waals surface area contributed by atoms with E-state index in [0.717, 1.165) is 35.2 Å². The van der Waals surface area contributed by atoms with Gasteiger partial charge in [0.2, 0.25) is 5.88 Å². The number of rotatable bonds is 6. The Morgan fingerprint density at radius 3 is 2.57 bits per heavy atom. The van der Waals surface area contributed by atoms with Crippen molar-refractivity contribution in [2.75, 3.05) is 7.11 Å². The van der Waals surface area contributed by atoms with E-state index in [1.807, 2.05) is 29.7 Å². The van der Waals surface area contributed by atoms with Crippen molar-refractivity contribution >= 4 is 11.2 Å². The number of nitrogens with zero attached hydrogens (tertiary/aromatic N) is 4. The van der Waals surface area contributed by atoms with E-state index in [-0.39, 0.29) is 11.6 Å². The first-order valence-electron chi connectivity index (χ1n) is 9.95. The molecule has 1 unspecified atom stereocenters. The molecule has 0 saturated heterocycles. The summed E-state index contributed by atoms with van der Waals surface area (Å²) < 4.78 is 7.15. The van der Waals surface area contributed by atoms with E-state index >= 15 is 0 Å². The molecule has 3 aromatic heterocycles. The van der Waals surface area contributed by atoms with E-state index in [0.29, 0.717) is 23.1 Å². The molecule has 6 nitrogen and oxygen atoms in total. The summed E-state index contributed by atoms with van der Waals surface area (Å²) in [6.07, 6.45) is 6.16. The van der Waals surface area contributed by atoms with Crippen LogP contribution in [0.2, 0.25) is 0 Å². The predicted octanol–water partition coefficient (Wildman–Crippen LogP) is 4.23. The molecule has 146 valence electrons. The normalized spacial score (nSPS) is 15.0. The number of aromatic nitrogens is 4. The van der Waals surface area contributed by atoms with E-state index in [9.17, 15) is 4.79 Å². The maximum absolute atomic E-state index is 13.1. The Hall–Kier alpha value is -2.76. The summed E-state index contributed by atoms with van der Waals surface area (Å²) in [6, 6.07) is 5.99. The third-order valence-corrected chi connectivity index (χ3v) is 5.58. The highest BCUT2D eigenvalue weighted by molar-refractivity contribution is 5.90. The molecular formula is C22H26N4O2. The Morgan fingerprint density at radius 1 is 1.14 bits per heavy atom. The van der Waals surface area contributed by atoms with Crippen LogP contribution in [-0.2, 0) is 0 Å². The van der Waals surface area contributed by atoms with Crippen LogP contribution in [0.3, 0.4) is 0 Å². The maximum atomic E-state index is 13.1. The van der Waals surface area contributed by atoms with Gasteiger partial charge in [0.1, 0.15) is 11.2 Å². The van der Waals surface area contributed by atoms with Crippen LogP contribution < -0.4 is 10.3 Å². The second kappa shape index (κ2) is 7.34. The lowest BCUT2D eigenvalue weighted by Crippen LogP contribution is -2.30. The number of aryl methyl sites for hydroxylation is 2. The topological polar surface area (TPSA) is 69.9 Å². The van der Waals surface area contributed by atoms with Crippen molar-refractivity contribution < 1.29 is 4.74 Å². The van der Waals surface area contributed by atoms with Crippen molar-refractivity contribution in [1.82, 2.24) is 19.5 Å². The first-order valence-corrected chi connectivity index (χ1v) is 9.95. The third-order valence-electron chi connectivity index (χ3n) is 5.58. The first kappa shape index (κ1) is 18.6. The smallest absolute Gasteiger partial charge is 0.273 e. The number of ether oxygens (including phenoxy) is 1. The molecule has 0 N–H and O–H groups in total. The van der Waals surface area contributed by atoms with Gasteiger partial charge in [-0.2, -0.15) is 0 Å². The van der Waals surface area contributed by atoms with E-state index < -0.39 is 0 Å². The molecule has 1 aliphatic rings. The molecule has 6 heteroatoms. The van der Waals surface area contributed by atoms with Crippen molar-refractivity contribution in [2.24, 2.45) is 5.92 Å². The van der Waals surface area contributed by atoms with Crippen molar-refractivity contribution in [1.29, 1.82) is 0 Å². The van der Waals surface area contributed by atoms with Gasteiger partial charge in [-0.15, -0.1) is 0 Å². The summed E-state index contributed by atoms with van der Waals surface area (Å²) >= 11 is 0. The van der Waals surface area contributed by atoms with Crippen LogP contribution in [0.5, 0.6) is 5.88 Å². The lowest BCUT2D eigenvalue weighted by molar-refractivity contribution is 0.397. The lowest BCUT2D eigenvalue weighted by Gasteiger charge is -2.22. The summed E-state index contributed by atoms with van der Waals surface area (Å²) in [6.45, 7) is 5.92. The summed E-state index contributed by atoms with van der Waals surface area (Å²) in [5.74, 6) is 1.15. The zero-order valence-corrected chi connectivity index (χ0v) is 16.9. The highest BCUT2D eigenvalue weighted by atomic mass is 16.5. The maximum Gasteiger partial charge on any atom is 0.273 e. The van der Waals surface area contributed by atoms with Crippen LogP contribution >= 0.6 is 0 Å². The van der Waals surface area contributed by atoms with Crippen molar-refractivity contribution in [3.05, 3.63) is 46.1 Å². The van der Waals surface area contributed by atoms with E-state index in [2.05, 4.69) is 21.9 Å². The summed E-state index contributed by atoms with van der Waals surface area (Å²) in [5.41, 5.74) is 4.71. The van der Waals surface area contributed by atoms with Crippen LogP contribution in [0.25, 0.3) is 22.3 Å². The molecule has 0 aromatic carbocycles. The van der Waals surface area contributed by atoms with Gasteiger partial charge in [0.05, 0.1) is 7.11 Å². The van der Waals surface area contributed by atoms with Gasteiger partial charge < -0.3 is 4.74 Å². The summed E-state index contributed by atoms with van der Waals surface area (Å²) in [7, 11) is 1.61. The molecule has 0 bridgehead atoms. The van der Waals surface area contributed by atoms with Gasteiger partial charge in [-0.05, 0) is 51.2 Å². The standard InChI is InChI=1S/C22H26N4O2/c1-5-6-18(15-7-8-15)26-21-20(25-14(3)22(26)27)17(11-12-23-21)16-9-10-19(28-4)24-13(16)2/h9-12,15,18H,5-8H2,1-4H3. The van der Waals surface area contributed by atoms with Gasteiger partial charge in [-0.25, -0.2) is 15.0 Å². The number of hydrogen-bond donors (Lipinski definition) is 0. The number of pyridine rings is 2. The first-order chi connectivity index (χ1) is 13.5. The molecule has 4 rings (SSSR count). The average molecular weight is 378 g/mol. The zero-order valence-electron chi connectivity index (χ0n) is 16.9. The molecule has 0 spiro atoms. The summed E-state index contributed by atoms with van der Waals surface area (Å²) in [5, 5.41) is 0. The monoisotopic (exact) mass is 378 g/mol. The molecule has 0 amide bonds. The molecular weight excluding hydrogens is 352 g/mol. The Kier molecular flexibility index (Phi) is 4.87. The molecule has 28 heavy (non-hydrogen) atoms. The van der Waals surface area contributed by atoms with E-state index in [4.69, 9.17) is 4.74 Å². The van der Waals surface area contributed by atoms with Crippen molar-refractivity contribution in [3.63, 3.8) is 0 Å². The highest BCUT2D eigenvalue weighted by Gasteiger charge is 2.34. The molecule has 1 fully saturated rings. The van der Waals surface area contributed by atoms with Gasteiger partial charge >= 0.3 is 0 Å². The molecule has 3 aromatic rings. The molecule has 1 saturated carbocycles. The van der Waals surface area contributed by atoms with E-state index in [1.165, 1.54) is 12.8 Å². The quantitative estimate of drug-likeness (QED) is 0.642. The SMILES string of the molecule is CCCC(C1CC1)n1c(=O)c(C)nc2c(-c3ccc(OC)nc3C)ccnc21. The van der Waals surface area contributed by atoms with Gasteiger partial charge in [0.15, 0.2) is 5.65 Å². The summed E-state index contributed by atoms with van der Waals surface area (Å²) in [4.78, 5) is 26.8. The van der Waals surface area contributed by atoms with Gasteiger partial charge in [0, 0.05) is 35.1 Å². The zero-order chi connectivity index (χ0) is 19.8. The molecule has 1 atom stereocenters. The van der Waals surface area contributed by atoms with Crippen LogP contribution in [0.1, 0.15) is 50.0 Å². The number of methoxy groups -OCH3 is 1. The van der Waals surface area contributed by atoms with Crippen LogP contribution in [0.4, 0.5) is 0 Å². The highest BCUT2D eigenvalue weighted by Crippen LogP contribution is 2.42. The number of fused-ring (bicyclic) bond motifs is 1. The fourth-order valence-corrected chi connectivity index (χ4v) is 4.03. The second-order valence-corrected chi connectivity index (χ2v) is 7.58. The van der Waals surface area contributed by atoms with Gasteiger partial charge in [0.25, 0.3) is 5.56 Å². The molecule has 0 aliphatic heterocycles. The van der Waals surface area contributed by atoms with E-state index in [1.54, 1.807) is 20.2 Å². The lowest BCUT2D eigenvalue weighted by atomic mass is 10.0.